The molecule has 2 N–H and O–H groups in total. The first kappa shape index (κ1) is 23.0. The molecule has 34 heavy (non-hydrogen) atoms. The number of carbonyl (C=O) groups excluding carboxylic acids is 1. The highest BCUT2D eigenvalue weighted by molar-refractivity contribution is 7.92. The van der Waals surface area contributed by atoms with Gasteiger partial charge in [-0.25, -0.2) is 8.42 Å². The van der Waals surface area contributed by atoms with E-state index in [1.54, 1.807) is 37.4 Å². The molecule has 8 heteroatoms. The first-order valence-corrected chi connectivity index (χ1v) is 13.8. The quantitative estimate of drug-likeness (QED) is 0.560. The summed E-state index contributed by atoms with van der Waals surface area (Å²) in [6, 6.07) is 12.0. The van der Waals surface area contributed by atoms with Gasteiger partial charge in [-0.05, 0) is 92.3 Å². The summed E-state index contributed by atoms with van der Waals surface area (Å²) in [5.74, 6) is 2.56. The van der Waals surface area contributed by atoms with Crippen molar-refractivity contribution in [1.29, 1.82) is 0 Å². The number of hydrogen-bond donors (Lipinski definition) is 2. The summed E-state index contributed by atoms with van der Waals surface area (Å²) >= 11 is 0. The Morgan fingerprint density at radius 1 is 1.03 bits per heavy atom. The highest BCUT2D eigenvalue weighted by Gasteiger charge is 2.40. The smallest absolute Gasteiger partial charge is 0.264 e. The maximum absolute atomic E-state index is 13.5. The highest BCUT2D eigenvalue weighted by Crippen LogP contribution is 2.49. The van der Waals surface area contributed by atoms with Crippen LogP contribution in [0.1, 0.15) is 44.9 Å². The summed E-state index contributed by atoms with van der Waals surface area (Å²) in [6.07, 6.45) is 7.55. The minimum atomic E-state index is -3.87. The number of sulfonamides is 1. The minimum Gasteiger partial charge on any atom is -0.497 e. The summed E-state index contributed by atoms with van der Waals surface area (Å²) in [4.78, 5) is 15.1. The van der Waals surface area contributed by atoms with E-state index in [9.17, 15) is 13.2 Å². The number of benzene rings is 2. The van der Waals surface area contributed by atoms with Crippen molar-refractivity contribution in [2.75, 3.05) is 35.1 Å². The van der Waals surface area contributed by atoms with Crippen LogP contribution in [0, 0.1) is 17.8 Å². The van der Waals surface area contributed by atoms with E-state index in [1.165, 1.54) is 19.3 Å². The number of anilines is 3. The van der Waals surface area contributed by atoms with Crippen molar-refractivity contribution < 1.29 is 17.9 Å². The standard InChI is InChI=1S/C26H33N3O4S/c1-33-23-9-6-21(7-10-23)28-34(31,32)25-17-22(8-11-24(25)29-12-2-3-13-29)27-26(30)16-20-15-18-4-5-19(20)14-18/h6-11,17-20,28H,2-5,12-16H2,1H3,(H,27,30)/t18-,19-,20+/m1/s1. The second kappa shape index (κ2) is 9.49. The van der Waals surface area contributed by atoms with Crippen molar-refractivity contribution in [3.63, 3.8) is 0 Å². The zero-order chi connectivity index (χ0) is 23.7. The largest absolute Gasteiger partial charge is 0.497 e. The van der Waals surface area contributed by atoms with Gasteiger partial charge in [-0.2, -0.15) is 0 Å². The average molecular weight is 484 g/mol. The Bertz CT molecular complexity index is 1140. The summed E-state index contributed by atoms with van der Waals surface area (Å²) in [5, 5.41) is 2.97. The van der Waals surface area contributed by atoms with Crippen LogP contribution in [0.15, 0.2) is 47.4 Å². The summed E-state index contributed by atoms with van der Waals surface area (Å²) in [5.41, 5.74) is 1.65. The van der Waals surface area contributed by atoms with Crippen LogP contribution in [0.2, 0.25) is 0 Å². The molecule has 2 saturated carbocycles. The van der Waals surface area contributed by atoms with Gasteiger partial charge in [0.1, 0.15) is 10.6 Å². The molecule has 1 amide bonds. The predicted octanol–water partition coefficient (Wildman–Crippen LogP) is 4.86. The molecule has 0 unspecified atom stereocenters. The zero-order valence-electron chi connectivity index (χ0n) is 19.6. The van der Waals surface area contributed by atoms with Crippen molar-refractivity contribution in [2.45, 2.75) is 49.8 Å². The van der Waals surface area contributed by atoms with Crippen LogP contribution in [-0.4, -0.2) is 34.5 Å². The molecule has 5 rings (SSSR count). The number of hydrogen-bond acceptors (Lipinski definition) is 5. The normalized spacial score (nSPS) is 23.8. The van der Waals surface area contributed by atoms with Gasteiger partial charge >= 0.3 is 0 Å². The Hall–Kier alpha value is -2.74. The first-order valence-electron chi connectivity index (χ1n) is 12.3. The lowest BCUT2D eigenvalue weighted by molar-refractivity contribution is -0.117. The second-order valence-corrected chi connectivity index (χ2v) is 11.5. The number of fused-ring (bicyclic) bond motifs is 2. The van der Waals surface area contributed by atoms with E-state index in [0.29, 0.717) is 41.1 Å². The van der Waals surface area contributed by atoms with E-state index < -0.39 is 10.0 Å². The molecule has 2 aliphatic carbocycles. The van der Waals surface area contributed by atoms with Gasteiger partial charge in [0.2, 0.25) is 5.91 Å². The molecule has 2 aromatic rings. The van der Waals surface area contributed by atoms with Crippen LogP contribution in [0.5, 0.6) is 5.75 Å². The van der Waals surface area contributed by atoms with Crippen molar-refractivity contribution in [3.05, 3.63) is 42.5 Å². The van der Waals surface area contributed by atoms with Gasteiger partial charge in [0.05, 0.1) is 12.8 Å². The maximum atomic E-state index is 13.5. The van der Waals surface area contributed by atoms with Gasteiger partial charge in [-0.1, -0.05) is 6.42 Å². The van der Waals surface area contributed by atoms with Gasteiger partial charge in [0.25, 0.3) is 10.0 Å². The van der Waals surface area contributed by atoms with Crippen LogP contribution in [0.4, 0.5) is 17.1 Å². The number of carbonyl (C=O) groups is 1. The fourth-order valence-corrected chi connectivity index (χ4v) is 7.28. The average Bonchev–Trinajstić information content (AvgIpc) is 3.58. The van der Waals surface area contributed by atoms with E-state index in [-0.39, 0.29) is 10.8 Å². The van der Waals surface area contributed by atoms with Gasteiger partial charge in [0, 0.05) is 30.9 Å². The fourth-order valence-electron chi connectivity index (χ4n) is 5.97. The molecule has 3 aliphatic rings. The molecule has 3 fully saturated rings. The van der Waals surface area contributed by atoms with Crippen LogP contribution in [-0.2, 0) is 14.8 Å². The van der Waals surface area contributed by atoms with E-state index in [2.05, 4.69) is 14.9 Å². The Kier molecular flexibility index (Phi) is 6.42. The van der Waals surface area contributed by atoms with Crippen LogP contribution >= 0.6 is 0 Å². The molecule has 182 valence electrons. The first-order chi connectivity index (χ1) is 16.4. The lowest BCUT2D eigenvalue weighted by Gasteiger charge is -2.23. The van der Waals surface area contributed by atoms with E-state index in [1.807, 2.05) is 12.1 Å². The lowest BCUT2D eigenvalue weighted by atomic mass is 9.86. The molecule has 3 atom stereocenters. The van der Waals surface area contributed by atoms with Crippen molar-refractivity contribution >= 4 is 33.0 Å². The molecule has 7 nitrogen and oxygen atoms in total. The molecule has 0 spiro atoms. The van der Waals surface area contributed by atoms with E-state index in [0.717, 1.165) is 38.3 Å². The number of nitrogens with zero attached hydrogens (tertiary/aromatic N) is 1. The Morgan fingerprint density at radius 2 is 1.76 bits per heavy atom. The summed E-state index contributed by atoms with van der Waals surface area (Å²) in [7, 11) is -2.30. The molecular formula is C26H33N3O4S. The fraction of sp³-hybridized carbons (Fsp3) is 0.500. The van der Waals surface area contributed by atoms with Crippen LogP contribution in [0.3, 0.4) is 0 Å². The van der Waals surface area contributed by atoms with Crippen molar-refractivity contribution in [2.24, 2.45) is 17.8 Å². The van der Waals surface area contributed by atoms with Gasteiger partial charge < -0.3 is 15.0 Å². The summed E-state index contributed by atoms with van der Waals surface area (Å²) in [6.45, 7) is 1.64. The third kappa shape index (κ3) is 4.87. The molecule has 0 radical (unpaired) electrons. The Balaban J connectivity index is 1.37. The lowest BCUT2D eigenvalue weighted by Crippen LogP contribution is -2.24. The third-order valence-electron chi connectivity index (χ3n) is 7.65. The van der Waals surface area contributed by atoms with Gasteiger partial charge in [-0.3, -0.25) is 9.52 Å². The van der Waals surface area contributed by atoms with E-state index >= 15 is 0 Å². The van der Waals surface area contributed by atoms with E-state index in [4.69, 9.17) is 4.74 Å². The predicted molar refractivity (Wildman–Crippen MR) is 134 cm³/mol. The molecule has 2 bridgehead atoms. The Labute approximate surface area is 201 Å². The highest BCUT2D eigenvalue weighted by atomic mass is 32.2. The monoisotopic (exact) mass is 483 g/mol. The second-order valence-electron chi connectivity index (χ2n) is 9.90. The zero-order valence-corrected chi connectivity index (χ0v) is 20.4. The molecule has 0 aromatic heterocycles. The molecular weight excluding hydrogens is 450 g/mol. The van der Waals surface area contributed by atoms with Crippen LogP contribution in [0.25, 0.3) is 0 Å². The molecule has 2 aromatic carbocycles. The third-order valence-corrected chi connectivity index (χ3v) is 9.06. The summed E-state index contributed by atoms with van der Waals surface area (Å²) < 4.78 is 34.8. The topological polar surface area (TPSA) is 87.7 Å². The Morgan fingerprint density at radius 3 is 2.41 bits per heavy atom. The van der Waals surface area contributed by atoms with Crippen molar-refractivity contribution in [3.8, 4) is 5.75 Å². The molecule has 1 saturated heterocycles. The number of ether oxygens (including phenoxy) is 1. The van der Waals surface area contributed by atoms with Gasteiger partial charge in [-0.15, -0.1) is 0 Å². The number of nitrogens with one attached hydrogen (secondary N) is 2. The number of methoxy groups -OCH3 is 1. The minimum absolute atomic E-state index is 0.0297. The van der Waals surface area contributed by atoms with Gasteiger partial charge in [0.15, 0.2) is 0 Å². The van der Waals surface area contributed by atoms with Crippen molar-refractivity contribution in [1.82, 2.24) is 0 Å². The maximum Gasteiger partial charge on any atom is 0.264 e. The molecule has 1 heterocycles. The number of rotatable bonds is 8. The van der Waals surface area contributed by atoms with Crippen LogP contribution < -0.4 is 19.7 Å². The SMILES string of the molecule is COc1ccc(NS(=O)(=O)c2cc(NC(=O)C[C@@H]3C[C@@H]4CC[C@@H]3C4)ccc2N2CCCC2)cc1. The number of amides is 1. The molecule has 1 aliphatic heterocycles.